The zero-order valence-electron chi connectivity index (χ0n) is 11.3. The summed E-state index contributed by atoms with van der Waals surface area (Å²) in [5, 5.41) is 2.42. The largest absolute Gasteiger partial charge is 0.573 e. The molecule has 0 spiro atoms. The standard InChI is InChI=1S/C15H12F3NO2S/c16-15(17,18)21-13-9-5-4-8-12(13)19-14(20)10-22-11-6-2-1-3-7-11/h1-9H,10H2,(H,19,20). The second kappa shape index (κ2) is 7.22. The summed E-state index contributed by atoms with van der Waals surface area (Å²) in [5.74, 6) is -0.759. The molecule has 0 saturated carbocycles. The summed E-state index contributed by atoms with van der Waals surface area (Å²) in [6.45, 7) is 0. The normalized spacial score (nSPS) is 11.0. The van der Waals surface area contributed by atoms with E-state index in [1.807, 2.05) is 30.3 Å². The molecule has 7 heteroatoms. The number of amides is 1. The first kappa shape index (κ1) is 16.2. The van der Waals surface area contributed by atoms with Crippen LogP contribution < -0.4 is 10.1 Å². The maximum Gasteiger partial charge on any atom is 0.573 e. The van der Waals surface area contributed by atoms with Crippen molar-refractivity contribution in [2.45, 2.75) is 11.3 Å². The second-order valence-electron chi connectivity index (χ2n) is 4.19. The van der Waals surface area contributed by atoms with Gasteiger partial charge in [0.1, 0.15) is 0 Å². The Kier molecular flexibility index (Phi) is 5.32. The fourth-order valence-electron chi connectivity index (χ4n) is 1.64. The first-order chi connectivity index (χ1) is 10.4. The Hall–Kier alpha value is -2.15. The van der Waals surface area contributed by atoms with Gasteiger partial charge in [0.2, 0.25) is 5.91 Å². The molecule has 0 aliphatic carbocycles. The van der Waals surface area contributed by atoms with Crippen LogP contribution in [0.1, 0.15) is 0 Å². The first-order valence-electron chi connectivity index (χ1n) is 6.26. The van der Waals surface area contributed by atoms with E-state index in [0.29, 0.717) is 0 Å². The van der Waals surface area contributed by atoms with Gasteiger partial charge in [0.15, 0.2) is 5.75 Å². The monoisotopic (exact) mass is 327 g/mol. The van der Waals surface area contributed by atoms with E-state index < -0.39 is 18.0 Å². The number of carbonyl (C=O) groups excluding carboxylic acids is 1. The van der Waals surface area contributed by atoms with E-state index in [4.69, 9.17) is 0 Å². The molecule has 0 unspecified atom stereocenters. The molecule has 0 radical (unpaired) electrons. The molecule has 0 bridgehead atoms. The van der Waals surface area contributed by atoms with E-state index >= 15 is 0 Å². The SMILES string of the molecule is O=C(CSc1ccccc1)Nc1ccccc1OC(F)(F)F. The maximum atomic E-state index is 12.3. The Morgan fingerprint density at radius 2 is 1.68 bits per heavy atom. The molecule has 2 rings (SSSR count). The highest BCUT2D eigenvalue weighted by molar-refractivity contribution is 8.00. The highest BCUT2D eigenvalue weighted by atomic mass is 32.2. The van der Waals surface area contributed by atoms with Crippen molar-refractivity contribution < 1.29 is 22.7 Å². The van der Waals surface area contributed by atoms with E-state index in [2.05, 4.69) is 10.1 Å². The molecule has 0 atom stereocenters. The van der Waals surface area contributed by atoms with Crippen LogP contribution in [0.2, 0.25) is 0 Å². The third-order valence-electron chi connectivity index (χ3n) is 2.50. The van der Waals surface area contributed by atoms with Crippen LogP contribution in [0.3, 0.4) is 0 Å². The molecule has 0 aliphatic heterocycles. The Morgan fingerprint density at radius 1 is 1.05 bits per heavy atom. The number of para-hydroxylation sites is 2. The van der Waals surface area contributed by atoms with Gasteiger partial charge in [-0.15, -0.1) is 24.9 Å². The van der Waals surface area contributed by atoms with E-state index in [-0.39, 0.29) is 11.4 Å². The van der Waals surface area contributed by atoms with E-state index in [1.165, 1.54) is 30.0 Å². The number of alkyl halides is 3. The summed E-state index contributed by atoms with van der Waals surface area (Å²) >= 11 is 1.29. The van der Waals surface area contributed by atoms with Gasteiger partial charge in [-0.1, -0.05) is 30.3 Å². The molecule has 22 heavy (non-hydrogen) atoms. The fraction of sp³-hybridized carbons (Fsp3) is 0.133. The summed E-state index contributed by atoms with van der Waals surface area (Å²) in [5.41, 5.74) is -0.0153. The van der Waals surface area contributed by atoms with Crippen LogP contribution in [-0.2, 0) is 4.79 Å². The molecule has 0 heterocycles. The van der Waals surface area contributed by atoms with Crippen molar-refractivity contribution in [3.63, 3.8) is 0 Å². The van der Waals surface area contributed by atoms with Gasteiger partial charge in [-0.3, -0.25) is 4.79 Å². The first-order valence-corrected chi connectivity index (χ1v) is 7.25. The van der Waals surface area contributed by atoms with Crippen molar-refractivity contribution in [1.29, 1.82) is 0 Å². The smallest absolute Gasteiger partial charge is 0.404 e. The van der Waals surface area contributed by atoms with Crippen LogP contribution in [0.25, 0.3) is 0 Å². The van der Waals surface area contributed by atoms with Gasteiger partial charge >= 0.3 is 6.36 Å². The van der Waals surface area contributed by atoms with Crippen LogP contribution in [-0.4, -0.2) is 18.0 Å². The zero-order chi connectivity index (χ0) is 16.0. The van der Waals surface area contributed by atoms with Crippen molar-refractivity contribution in [1.82, 2.24) is 0 Å². The number of hydrogen-bond donors (Lipinski definition) is 1. The Morgan fingerprint density at radius 3 is 2.36 bits per heavy atom. The summed E-state index contributed by atoms with van der Waals surface area (Å²) in [6, 6.07) is 14.6. The average molecular weight is 327 g/mol. The lowest BCUT2D eigenvalue weighted by Crippen LogP contribution is -2.20. The van der Waals surface area contributed by atoms with Gasteiger partial charge in [0.25, 0.3) is 0 Å². The lowest BCUT2D eigenvalue weighted by molar-refractivity contribution is -0.274. The average Bonchev–Trinajstić information content (AvgIpc) is 2.47. The topological polar surface area (TPSA) is 38.3 Å². The predicted molar refractivity (Wildman–Crippen MR) is 78.9 cm³/mol. The number of anilines is 1. The number of carbonyl (C=O) groups is 1. The highest BCUT2D eigenvalue weighted by Gasteiger charge is 2.32. The molecule has 1 N–H and O–H groups in total. The Balaban J connectivity index is 1.97. The van der Waals surface area contributed by atoms with Crippen molar-refractivity contribution >= 4 is 23.4 Å². The number of hydrogen-bond acceptors (Lipinski definition) is 3. The van der Waals surface area contributed by atoms with Crippen LogP contribution in [0.5, 0.6) is 5.75 Å². The second-order valence-corrected chi connectivity index (χ2v) is 5.24. The molecule has 0 fully saturated rings. The van der Waals surface area contributed by atoms with Gasteiger partial charge in [0.05, 0.1) is 11.4 Å². The van der Waals surface area contributed by atoms with Crippen molar-refractivity contribution in [2.75, 3.05) is 11.1 Å². The third-order valence-corrected chi connectivity index (χ3v) is 3.51. The lowest BCUT2D eigenvalue weighted by Gasteiger charge is -2.13. The molecule has 116 valence electrons. The number of halogens is 3. The van der Waals surface area contributed by atoms with E-state index in [0.717, 1.165) is 11.0 Å². The van der Waals surface area contributed by atoms with Crippen molar-refractivity contribution in [3.8, 4) is 5.75 Å². The number of nitrogens with one attached hydrogen (secondary N) is 1. The molecular formula is C15H12F3NO2S. The Labute approximate surface area is 129 Å². The third kappa shape index (κ3) is 5.33. The molecule has 1 amide bonds. The lowest BCUT2D eigenvalue weighted by atomic mass is 10.3. The quantitative estimate of drug-likeness (QED) is 0.831. The van der Waals surface area contributed by atoms with E-state index in [1.54, 1.807) is 0 Å². The summed E-state index contributed by atoms with van der Waals surface area (Å²) < 4.78 is 40.7. The van der Waals surface area contributed by atoms with Gasteiger partial charge in [-0.25, -0.2) is 0 Å². The van der Waals surface area contributed by atoms with E-state index in [9.17, 15) is 18.0 Å². The maximum absolute atomic E-state index is 12.3. The van der Waals surface area contributed by atoms with Crippen LogP contribution in [0.15, 0.2) is 59.5 Å². The Bertz CT molecular complexity index is 632. The van der Waals surface area contributed by atoms with Crippen molar-refractivity contribution in [3.05, 3.63) is 54.6 Å². The molecule has 0 aliphatic rings. The zero-order valence-corrected chi connectivity index (χ0v) is 12.1. The summed E-state index contributed by atoms with van der Waals surface area (Å²) in [6.07, 6.45) is -4.81. The highest BCUT2D eigenvalue weighted by Crippen LogP contribution is 2.30. The molecule has 2 aromatic carbocycles. The van der Waals surface area contributed by atoms with Gasteiger partial charge < -0.3 is 10.1 Å². The van der Waals surface area contributed by atoms with Crippen molar-refractivity contribution in [2.24, 2.45) is 0 Å². The molecular weight excluding hydrogens is 315 g/mol. The minimum atomic E-state index is -4.81. The fourth-order valence-corrected chi connectivity index (χ4v) is 2.35. The number of ether oxygens (including phenoxy) is 1. The number of rotatable bonds is 5. The van der Waals surface area contributed by atoms with Gasteiger partial charge in [-0.2, -0.15) is 0 Å². The summed E-state index contributed by atoms with van der Waals surface area (Å²) in [7, 11) is 0. The minimum absolute atomic E-state index is 0.0153. The molecule has 0 aromatic heterocycles. The number of benzene rings is 2. The summed E-state index contributed by atoms with van der Waals surface area (Å²) in [4.78, 5) is 12.7. The molecule has 2 aromatic rings. The van der Waals surface area contributed by atoms with Crippen LogP contribution >= 0.6 is 11.8 Å². The molecule has 3 nitrogen and oxygen atoms in total. The number of thioether (sulfide) groups is 1. The van der Waals surface area contributed by atoms with Crippen LogP contribution in [0.4, 0.5) is 18.9 Å². The van der Waals surface area contributed by atoms with Crippen LogP contribution in [0, 0.1) is 0 Å². The minimum Gasteiger partial charge on any atom is -0.404 e. The van der Waals surface area contributed by atoms with Gasteiger partial charge in [0, 0.05) is 4.90 Å². The van der Waals surface area contributed by atoms with Gasteiger partial charge in [-0.05, 0) is 24.3 Å². The molecule has 0 saturated heterocycles. The predicted octanol–water partition coefficient (Wildman–Crippen LogP) is 4.32.